The van der Waals surface area contributed by atoms with Crippen molar-refractivity contribution in [3.05, 3.63) is 0 Å². The number of aliphatic carboxylic acids is 1. The summed E-state index contributed by atoms with van der Waals surface area (Å²) in [6.07, 6.45) is 0. The first kappa shape index (κ1) is 14.0. The summed E-state index contributed by atoms with van der Waals surface area (Å²) >= 11 is -3.11. The molecule has 0 fully saturated rings. The number of likely N-dealkylation sites (N-methyl/N-ethyl adjacent to an activating group) is 1. The van der Waals surface area contributed by atoms with Crippen LogP contribution in [-0.2, 0) is 16.2 Å². The Morgan fingerprint density at radius 1 is 1.42 bits per heavy atom. The van der Waals surface area contributed by atoms with Crippen LogP contribution in [0.5, 0.6) is 0 Å². The fourth-order valence-corrected chi connectivity index (χ4v) is 0.406. The van der Waals surface area contributed by atoms with E-state index in [-0.39, 0.29) is 6.54 Å². The minimum atomic E-state index is -3.11. The molecule has 0 aliphatic heterocycles. The summed E-state index contributed by atoms with van der Waals surface area (Å²) in [5.41, 5.74) is 0. The summed E-state index contributed by atoms with van der Waals surface area (Å²) in [4.78, 5) is 10.00. The predicted octanol–water partition coefficient (Wildman–Crippen LogP) is -1.23. The monoisotopic (exact) mass is 198 g/mol. The van der Waals surface area contributed by atoms with Gasteiger partial charge in [0.1, 0.15) is 0 Å². The van der Waals surface area contributed by atoms with Gasteiger partial charge in [-0.05, 0) is 0 Å². The van der Waals surface area contributed by atoms with Crippen LogP contribution in [0.25, 0.3) is 0 Å². The lowest BCUT2D eigenvalue weighted by atomic mass is 10.5. The molecule has 12 heavy (non-hydrogen) atoms. The Morgan fingerprint density at radius 3 is 1.67 bits per heavy atom. The maximum atomic E-state index is 10.00. The van der Waals surface area contributed by atoms with Gasteiger partial charge in [-0.25, -0.2) is 4.79 Å². The van der Waals surface area contributed by atoms with Crippen molar-refractivity contribution in [1.29, 1.82) is 0 Å². The van der Waals surface area contributed by atoms with E-state index in [2.05, 4.69) is 0 Å². The normalized spacial score (nSPS) is 10.5. The van der Waals surface area contributed by atoms with Gasteiger partial charge >= 0.3 is 5.97 Å². The highest BCUT2D eigenvalue weighted by Crippen LogP contribution is 1.86. The van der Waals surface area contributed by atoms with E-state index in [0.717, 1.165) is 0 Å². The van der Waals surface area contributed by atoms with Gasteiger partial charge in [-0.15, -0.1) is 11.4 Å². The topological polar surface area (TPSA) is 100 Å². The average Bonchev–Trinajstić information content (AvgIpc) is 1.52. The van der Waals surface area contributed by atoms with Crippen molar-refractivity contribution in [3.8, 4) is 0 Å². The minimum absolute atomic E-state index is 0.181. The molecule has 0 saturated heterocycles. The van der Waals surface area contributed by atoms with Gasteiger partial charge in [0, 0.05) is 0 Å². The van der Waals surface area contributed by atoms with Gasteiger partial charge in [-0.1, -0.05) is 0 Å². The summed E-state index contributed by atoms with van der Waals surface area (Å²) in [5.74, 6) is -0.752. The third kappa shape index (κ3) is 33.9. The molecule has 0 atom stereocenters. The van der Waals surface area contributed by atoms with Gasteiger partial charge in [0.05, 0.1) is 21.1 Å². The Kier molecular flexibility index (Phi) is 7.10. The first-order valence-corrected chi connectivity index (χ1v) is 3.94. The van der Waals surface area contributed by atoms with Crippen LogP contribution in [0.1, 0.15) is 0 Å². The molecule has 1 N–H and O–H groups in total. The van der Waals surface area contributed by atoms with Crippen molar-refractivity contribution in [2.24, 2.45) is 0 Å². The van der Waals surface area contributed by atoms with Gasteiger partial charge in [0.2, 0.25) is 0 Å². The third-order valence-corrected chi connectivity index (χ3v) is 0.610. The number of hydrogen-bond acceptors (Lipinski definition) is 4. The van der Waals surface area contributed by atoms with Crippen molar-refractivity contribution in [2.45, 2.75) is 0 Å². The van der Waals surface area contributed by atoms with Crippen molar-refractivity contribution in [3.63, 3.8) is 0 Å². The molecule has 0 radical (unpaired) electrons. The van der Waals surface area contributed by atoms with E-state index in [4.69, 9.17) is 18.4 Å². The molecule has 0 aromatic carbocycles. The van der Waals surface area contributed by atoms with E-state index in [0.29, 0.717) is 4.48 Å². The molecule has 0 heterocycles. The summed E-state index contributed by atoms with van der Waals surface area (Å²) in [5, 5.41) is 8.23. The van der Waals surface area contributed by atoms with Gasteiger partial charge in [-0.3, -0.25) is 4.21 Å². The standard InChI is InChI=1S/C5H11NO2.H2O3S/c1-6(2,3)4-5(7)8;1-4(2)3/h4H2,1-3H3;(H2,1,2,3)/p-1. The zero-order valence-electron chi connectivity index (χ0n) is 7.14. The second-order valence-corrected chi connectivity index (χ2v) is 3.45. The highest BCUT2D eigenvalue weighted by atomic mass is 32.2. The summed E-state index contributed by atoms with van der Waals surface area (Å²) in [7, 11) is 5.52. The molecule has 7 heteroatoms. The highest BCUT2D eigenvalue weighted by molar-refractivity contribution is 7.72. The predicted molar refractivity (Wildman–Crippen MR) is 40.2 cm³/mol. The van der Waals surface area contributed by atoms with E-state index >= 15 is 0 Å². The average molecular weight is 198 g/mol. The molecule has 0 bridgehead atoms. The molecule has 0 aliphatic rings. The fraction of sp³-hybridized carbons (Fsp3) is 0.800. The Morgan fingerprint density at radius 2 is 1.67 bits per heavy atom. The van der Waals surface area contributed by atoms with Crippen LogP contribution in [0.15, 0.2) is 0 Å². The molecule has 0 aromatic heterocycles. The number of carboxylic acid groups (broad SMARTS) is 1. The van der Waals surface area contributed by atoms with Crippen LogP contribution >= 0.6 is 0 Å². The molecular weight excluding hydrogens is 186 g/mol. The largest absolute Gasteiger partial charge is 0.784 e. The van der Waals surface area contributed by atoms with Crippen LogP contribution in [0, 0.1) is 0 Å². The van der Waals surface area contributed by atoms with Crippen molar-refractivity contribution in [2.75, 3.05) is 27.7 Å². The van der Waals surface area contributed by atoms with E-state index in [1.165, 1.54) is 0 Å². The van der Waals surface area contributed by atoms with Gasteiger partial charge in [-0.2, -0.15) is 0 Å². The molecule has 0 spiro atoms. The summed E-state index contributed by atoms with van der Waals surface area (Å²) in [6.45, 7) is 0.181. The lowest BCUT2D eigenvalue weighted by Crippen LogP contribution is -2.39. The van der Waals surface area contributed by atoms with E-state index in [9.17, 15) is 4.79 Å². The van der Waals surface area contributed by atoms with Crippen molar-refractivity contribution in [1.82, 2.24) is 0 Å². The number of rotatable bonds is 2. The van der Waals surface area contributed by atoms with Crippen LogP contribution in [0.2, 0.25) is 0 Å². The minimum Gasteiger partial charge on any atom is -0.784 e. The van der Waals surface area contributed by atoms with E-state index < -0.39 is 17.3 Å². The number of nitrogens with zero attached hydrogens (tertiary/aromatic N) is 1. The highest BCUT2D eigenvalue weighted by Gasteiger charge is 2.11. The molecule has 0 aromatic rings. The Labute approximate surface area is 73.5 Å². The Hall–Kier alpha value is -0.500. The molecule has 6 nitrogen and oxygen atoms in total. The van der Waals surface area contributed by atoms with Crippen LogP contribution in [0.4, 0.5) is 0 Å². The van der Waals surface area contributed by atoms with Crippen LogP contribution < -0.4 is 0 Å². The number of quaternary nitrogens is 1. The molecule has 0 aliphatic carbocycles. The molecule has 0 amide bonds. The number of hydrogen-bond donors (Lipinski definition) is 1. The van der Waals surface area contributed by atoms with Gasteiger partial charge in [0.25, 0.3) is 0 Å². The lowest BCUT2D eigenvalue weighted by molar-refractivity contribution is -0.862. The quantitative estimate of drug-likeness (QED) is 0.442. The molecule has 74 valence electrons. The van der Waals surface area contributed by atoms with E-state index in [1.54, 1.807) is 0 Å². The Balaban J connectivity index is 0. The maximum absolute atomic E-state index is 10.00. The fourth-order valence-electron chi connectivity index (χ4n) is 0.406. The van der Waals surface area contributed by atoms with Crippen molar-refractivity contribution < 1.29 is 27.7 Å². The second-order valence-electron chi connectivity index (χ2n) is 3.05. The van der Waals surface area contributed by atoms with E-state index in [1.807, 2.05) is 21.1 Å². The SMILES string of the molecule is C[N+](C)(C)CC(=O)O.O=S([O-])[O-]. The molecule has 0 unspecified atom stereocenters. The van der Waals surface area contributed by atoms with Gasteiger partial charge < -0.3 is 18.7 Å². The zero-order valence-corrected chi connectivity index (χ0v) is 7.96. The third-order valence-electron chi connectivity index (χ3n) is 0.610. The lowest BCUT2D eigenvalue weighted by Gasteiger charge is -2.20. The van der Waals surface area contributed by atoms with Crippen LogP contribution in [0.3, 0.4) is 0 Å². The van der Waals surface area contributed by atoms with Crippen molar-refractivity contribution >= 4 is 17.3 Å². The first-order valence-electron chi connectivity index (χ1n) is 2.94. The summed E-state index contributed by atoms with van der Waals surface area (Å²) in [6, 6.07) is 0. The smallest absolute Gasteiger partial charge is 0.359 e. The number of carboxylic acids is 1. The Bertz CT molecular complexity index is 160. The summed E-state index contributed by atoms with van der Waals surface area (Å²) < 4.78 is 25.8. The molecular formula is C5H12NO5S-. The zero-order chi connectivity index (χ0) is 10.4. The van der Waals surface area contributed by atoms with Gasteiger partial charge in [0.15, 0.2) is 6.54 Å². The molecule has 0 rings (SSSR count). The maximum Gasteiger partial charge on any atom is 0.359 e. The second kappa shape index (κ2) is 6.06. The first-order chi connectivity index (χ1) is 5.15. The number of carbonyl (C=O) groups is 1. The molecule has 0 saturated carbocycles. The van der Waals surface area contributed by atoms with Crippen LogP contribution in [-0.4, -0.2) is 56.6 Å².